The third-order valence-corrected chi connectivity index (χ3v) is 5.63. The first-order chi connectivity index (χ1) is 12.2. The first kappa shape index (κ1) is 18.0. The van der Waals surface area contributed by atoms with Crippen molar-refractivity contribution in [2.45, 2.75) is 14.8 Å². The van der Waals surface area contributed by atoms with Gasteiger partial charge in [-0.3, -0.25) is 4.79 Å². The minimum Gasteiger partial charge on any atom is -0.322 e. The van der Waals surface area contributed by atoms with Crippen molar-refractivity contribution >= 4 is 51.0 Å². The zero-order chi connectivity index (χ0) is 17.6. The SMILES string of the molecule is CSc1ncccc1C(=O)Nc1ccc(Sc2ccc(Br)cc2)cc1. The van der Waals surface area contributed by atoms with Gasteiger partial charge in [0.1, 0.15) is 5.03 Å². The Labute approximate surface area is 163 Å². The van der Waals surface area contributed by atoms with Gasteiger partial charge >= 0.3 is 0 Å². The van der Waals surface area contributed by atoms with Crippen LogP contribution in [0.3, 0.4) is 0 Å². The summed E-state index contributed by atoms with van der Waals surface area (Å²) in [5.74, 6) is -0.147. The van der Waals surface area contributed by atoms with E-state index in [0.29, 0.717) is 5.56 Å². The zero-order valence-electron chi connectivity index (χ0n) is 13.4. The molecule has 0 bridgehead atoms. The van der Waals surface area contributed by atoms with E-state index in [1.165, 1.54) is 16.7 Å². The van der Waals surface area contributed by atoms with Crippen molar-refractivity contribution in [1.29, 1.82) is 0 Å². The number of carbonyl (C=O) groups is 1. The predicted octanol–water partition coefficient (Wildman–Crippen LogP) is 5.97. The average Bonchev–Trinajstić information content (AvgIpc) is 2.65. The molecule has 0 aliphatic carbocycles. The van der Waals surface area contributed by atoms with Gasteiger partial charge in [0.25, 0.3) is 5.91 Å². The summed E-state index contributed by atoms with van der Waals surface area (Å²) in [7, 11) is 0. The molecule has 0 aliphatic rings. The van der Waals surface area contributed by atoms with Crippen molar-refractivity contribution in [2.75, 3.05) is 11.6 Å². The smallest absolute Gasteiger partial charge is 0.258 e. The molecule has 0 fully saturated rings. The highest BCUT2D eigenvalue weighted by Gasteiger charge is 2.11. The van der Waals surface area contributed by atoms with Crippen molar-refractivity contribution in [1.82, 2.24) is 4.98 Å². The van der Waals surface area contributed by atoms with Crippen LogP contribution >= 0.6 is 39.5 Å². The molecule has 1 N–H and O–H groups in total. The molecule has 3 rings (SSSR count). The number of benzene rings is 2. The largest absolute Gasteiger partial charge is 0.322 e. The Kier molecular flexibility index (Phi) is 6.18. The van der Waals surface area contributed by atoms with Gasteiger partial charge in [-0.05, 0) is 66.9 Å². The number of hydrogen-bond acceptors (Lipinski definition) is 4. The summed E-state index contributed by atoms with van der Waals surface area (Å²) in [5, 5.41) is 3.65. The fourth-order valence-corrected chi connectivity index (χ4v) is 3.80. The Hall–Kier alpha value is -1.76. The second kappa shape index (κ2) is 8.56. The Morgan fingerprint density at radius 2 is 1.64 bits per heavy atom. The Balaban J connectivity index is 1.68. The van der Waals surface area contributed by atoms with Gasteiger partial charge in [0.2, 0.25) is 0 Å². The number of anilines is 1. The molecule has 0 aliphatic heterocycles. The van der Waals surface area contributed by atoms with Crippen molar-refractivity contribution in [2.24, 2.45) is 0 Å². The number of nitrogens with zero attached hydrogens (tertiary/aromatic N) is 1. The van der Waals surface area contributed by atoms with Crippen LogP contribution in [0.2, 0.25) is 0 Å². The maximum Gasteiger partial charge on any atom is 0.258 e. The van der Waals surface area contributed by atoms with Crippen molar-refractivity contribution in [3.63, 3.8) is 0 Å². The van der Waals surface area contributed by atoms with Gasteiger partial charge < -0.3 is 5.32 Å². The van der Waals surface area contributed by atoms with Gasteiger partial charge in [-0.2, -0.15) is 0 Å². The quantitative estimate of drug-likeness (QED) is 0.506. The van der Waals surface area contributed by atoms with Gasteiger partial charge in [-0.25, -0.2) is 4.98 Å². The molecule has 0 atom stereocenters. The lowest BCUT2D eigenvalue weighted by molar-refractivity contribution is 0.102. The van der Waals surface area contributed by atoms with Gasteiger partial charge in [-0.1, -0.05) is 27.7 Å². The molecular formula is C19H15BrN2OS2. The lowest BCUT2D eigenvalue weighted by atomic mass is 10.2. The normalized spacial score (nSPS) is 10.5. The molecule has 1 aromatic heterocycles. The van der Waals surface area contributed by atoms with Crippen molar-refractivity contribution in [3.05, 3.63) is 76.9 Å². The van der Waals surface area contributed by atoms with E-state index in [1.807, 2.05) is 42.7 Å². The maximum atomic E-state index is 12.4. The number of aromatic nitrogens is 1. The minimum atomic E-state index is -0.147. The molecule has 126 valence electrons. The molecule has 6 heteroatoms. The van der Waals surface area contributed by atoms with E-state index in [0.717, 1.165) is 20.1 Å². The van der Waals surface area contributed by atoms with Crippen LogP contribution in [0.5, 0.6) is 0 Å². The average molecular weight is 431 g/mol. The fraction of sp³-hybridized carbons (Fsp3) is 0.0526. The van der Waals surface area contributed by atoms with Crippen molar-refractivity contribution < 1.29 is 4.79 Å². The van der Waals surface area contributed by atoms with E-state index >= 15 is 0 Å². The van der Waals surface area contributed by atoms with Crippen LogP contribution in [0.25, 0.3) is 0 Å². The molecular weight excluding hydrogens is 416 g/mol. The van der Waals surface area contributed by atoms with Gasteiger partial charge in [0, 0.05) is 26.1 Å². The van der Waals surface area contributed by atoms with E-state index in [2.05, 4.69) is 38.4 Å². The number of pyridine rings is 1. The summed E-state index contributed by atoms with van der Waals surface area (Å²) in [5.41, 5.74) is 1.35. The van der Waals surface area contributed by atoms with Crippen LogP contribution in [0, 0.1) is 0 Å². The van der Waals surface area contributed by atoms with E-state index in [1.54, 1.807) is 30.1 Å². The van der Waals surface area contributed by atoms with Crippen LogP contribution < -0.4 is 5.32 Å². The van der Waals surface area contributed by atoms with Crippen LogP contribution in [0.4, 0.5) is 5.69 Å². The first-order valence-electron chi connectivity index (χ1n) is 7.49. The highest BCUT2D eigenvalue weighted by atomic mass is 79.9. The van der Waals surface area contributed by atoms with E-state index in [4.69, 9.17) is 0 Å². The predicted molar refractivity (Wildman–Crippen MR) is 109 cm³/mol. The van der Waals surface area contributed by atoms with E-state index in [-0.39, 0.29) is 5.91 Å². The van der Waals surface area contributed by atoms with Crippen molar-refractivity contribution in [3.8, 4) is 0 Å². The Morgan fingerprint density at radius 3 is 2.28 bits per heavy atom. The summed E-state index contributed by atoms with van der Waals surface area (Å²) in [6.45, 7) is 0. The third kappa shape index (κ3) is 4.87. The summed E-state index contributed by atoms with van der Waals surface area (Å²) in [6.07, 6.45) is 3.60. The molecule has 0 unspecified atom stereocenters. The molecule has 2 aromatic carbocycles. The number of rotatable bonds is 5. The summed E-state index contributed by atoms with van der Waals surface area (Å²) >= 11 is 6.58. The lowest BCUT2D eigenvalue weighted by Crippen LogP contribution is -2.13. The maximum absolute atomic E-state index is 12.4. The molecule has 3 nitrogen and oxygen atoms in total. The number of thioether (sulfide) groups is 1. The number of hydrogen-bond donors (Lipinski definition) is 1. The number of carbonyl (C=O) groups excluding carboxylic acids is 1. The summed E-state index contributed by atoms with van der Waals surface area (Å²) in [6, 6.07) is 19.6. The van der Waals surface area contributed by atoms with Crippen LogP contribution in [-0.2, 0) is 0 Å². The van der Waals surface area contributed by atoms with Gasteiger partial charge in [0.05, 0.1) is 5.56 Å². The third-order valence-electron chi connectivity index (χ3n) is 3.37. The standard InChI is InChI=1S/C19H15BrN2OS2/c1-24-19-17(3-2-12-21-19)18(23)22-14-6-10-16(11-7-14)25-15-8-4-13(20)5-9-15/h2-12H,1H3,(H,22,23). The van der Waals surface area contributed by atoms with Gasteiger partial charge in [0.15, 0.2) is 0 Å². The molecule has 0 saturated carbocycles. The molecule has 0 spiro atoms. The van der Waals surface area contributed by atoms with Crippen LogP contribution in [-0.4, -0.2) is 17.1 Å². The Bertz CT molecular complexity index is 867. The number of nitrogens with one attached hydrogen (secondary N) is 1. The first-order valence-corrected chi connectivity index (χ1v) is 10.3. The molecule has 1 amide bonds. The minimum absolute atomic E-state index is 0.147. The second-order valence-electron chi connectivity index (χ2n) is 5.09. The van der Waals surface area contributed by atoms with Gasteiger partial charge in [-0.15, -0.1) is 11.8 Å². The number of halogens is 1. The van der Waals surface area contributed by atoms with Crippen LogP contribution in [0.1, 0.15) is 10.4 Å². The number of amides is 1. The highest BCUT2D eigenvalue weighted by Crippen LogP contribution is 2.29. The lowest BCUT2D eigenvalue weighted by Gasteiger charge is -2.08. The van der Waals surface area contributed by atoms with Crippen LogP contribution in [0.15, 0.2) is 86.2 Å². The molecule has 3 aromatic rings. The molecule has 25 heavy (non-hydrogen) atoms. The molecule has 1 heterocycles. The monoisotopic (exact) mass is 430 g/mol. The van der Waals surface area contributed by atoms with E-state index in [9.17, 15) is 4.79 Å². The fourth-order valence-electron chi connectivity index (χ4n) is 2.17. The van der Waals surface area contributed by atoms with E-state index < -0.39 is 0 Å². The second-order valence-corrected chi connectivity index (χ2v) is 7.95. The zero-order valence-corrected chi connectivity index (χ0v) is 16.6. The summed E-state index contributed by atoms with van der Waals surface area (Å²) in [4.78, 5) is 18.9. The molecule has 0 radical (unpaired) electrons. The summed E-state index contributed by atoms with van der Waals surface area (Å²) < 4.78 is 1.06. The highest BCUT2D eigenvalue weighted by molar-refractivity contribution is 9.10. The Morgan fingerprint density at radius 1 is 1.00 bits per heavy atom. The molecule has 0 saturated heterocycles. The topological polar surface area (TPSA) is 42.0 Å².